The molecule has 1 heterocycles. The lowest BCUT2D eigenvalue weighted by Crippen LogP contribution is -2.10. The molecule has 0 saturated heterocycles. The maximum absolute atomic E-state index is 2.41. The van der Waals surface area contributed by atoms with Crippen LogP contribution in [0.15, 0.2) is 243 Å². The molecule has 0 spiro atoms. The predicted molar refractivity (Wildman–Crippen MR) is 271 cm³/mol. The van der Waals surface area contributed by atoms with Gasteiger partial charge in [-0.25, -0.2) is 0 Å². The molecule has 13 rings (SSSR count). The van der Waals surface area contributed by atoms with Crippen LogP contribution in [0, 0.1) is 0 Å². The van der Waals surface area contributed by atoms with Crippen LogP contribution in [0.1, 0.15) is 0 Å². The summed E-state index contributed by atoms with van der Waals surface area (Å²) in [5.74, 6) is 0. The van der Waals surface area contributed by atoms with E-state index >= 15 is 0 Å². The van der Waals surface area contributed by atoms with Gasteiger partial charge in [-0.05, 0) is 174 Å². The Labute approximate surface area is 372 Å². The van der Waals surface area contributed by atoms with Crippen molar-refractivity contribution in [3.05, 3.63) is 243 Å². The topological polar surface area (TPSA) is 8.17 Å². The second-order valence-corrected chi connectivity index (χ2v) is 17.0. The summed E-state index contributed by atoms with van der Waals surface area (Å²) < 4.78 is 2.38. The lowest BCUT2D eigenvalue weighted by molar-refractivity contribution is 1.18. The summed E-state index contributed by atoms with van der Waals surface area (Å²) in [6.45, 7) is 0. The van der Waals surface area contributed by atoms with Gasteiger partial charge in [0, 0.05) is 33.5 Å². The molecule has 0 N–H and O–H groups in total. The third kappa shape index (κ3) is 5.95. The van der Waals surface area contributed by atoms with Gasteiger partial charge in [0.05, 0.1) is 11.0 Å². The Balaban J connectivity index is 0.911. The SMILES string of the molecule is c1ccc(-c2ccc(N(c3cccc(-c4ccc5c(c4)c4ccccc4n5-c4ccccc4)c3)c3ccc4cc5c(cc4c3)-c3cc4ccc(-c6ccccc6)cc4cc3-5)cc2)cc1. The second-order valence-electron chi connectivity index (χ2n) is 17.0. The third-order valence-electron chi connectivity index (χ3n) is 13.2. The van der Waals surface area contributed by atoms with Gasteiger partial charge in [-0.3, -0.25) is 0 Å². The van der Waals surface area contributed by atoms with Crippen LogP contribution < -0.4 is 4.90 Å². The average Bonchev–Trinajstić information content (AvgIpc) is 3.70. The zero-order valence-corrected chi connectivity index (χ0v) is 35.0. The number of hydrogen-bond donors (Lipinski definition) is 0. The van der Waals surface area contributed by atoms with E-state index in [9.17, 15) is 0 Å². The van der Waals surface area contributed by atoms with Crippen molar-refractivity contribution in [3.63, 3.8) is 0 Å². The van der Waals surface area contributed by atoms with Gasteiger partial charge in [-0.15, -0.1) is 0 Å². The van der Waals surface area contributed by atoms with Crippen LogP contribution in [0.3, 0.4) is 0 Å². The summed E-state index contributed by atoms with van der Waals surface area (Å²) in [6.07, 6.45) is 0. The number of hydrogen-bond acceptors (Lipinski definition) is 1. The van der Waals surface area contributed by atoms with Crippen LogP contribution >= 0.6 is 0 Å². The Morgan fingerprint density at radius 2 is 0.719 bits per heavy atom. The fraction of sp³-hybridized carbons (Fsp3) is 0. The molecule has 298 valence electrons. The van der Waals surface area contributed by atoms with E-state index in [0.717, 1.165) is 22.7 Å². The fourth-order valence-electron chi connectivity index (χ4n) is 10.1. The van der Waals surface area contributed by atoms with Gasteiger partial charge in [-0.1, -0.05) is 146 Å². The van der Waals surface area contributed by atoms with Gasteiger partial charge in [0.1, 0.15) is 0 Å². The zero-order chi connectivity index (χ0) is 42.1. The highest BCUT2D eigenvalue weighted by atomic mass is 15.1. The maximum Gasteiger partial charge on any atom is 0.0541 e. The van der Waals surface area contributed by atoms with Crippen molar-refractivity contribution >= 4 is 60.4 Å². The van der Waals surface area contributed by atoms with Gasteiger partial charge in [0.25, 0.3) is 0 Å². The molecule has 0 bridgehead atoms. The maximum atomic E-state index is 2.41. The van der Waals surface area contributed by atoms with E-state index in [1.54, 1.807) is 0 Å². The molecular weight excluding hydrogens is 773 g/mol. The van der Waals surface area contributed by atoms with Gasteiger partial charge in [0.15, 0.2) is 0 Å². The summed E-state index contributed by atoms with van der Waals surface area (Å²) in [6, 6.07) is 88.9. The molecule has 64 heavy (non-hydrogen) atoms. The molecule has 0 amide bonds. The summed E-state index contributed by atoms with van der Waals surface area (Å²) in [5, 5.41) is 7.50. The van der Waals surface area contributed by atoms with E-state index in [0.29, 0.717) is 0 Å². The van der Waals surface area contributed by atoms with Crippen molar-refractivity contribution in [2.24, 2.45) is 0 Å². The normalized spacial score (nSPS) is 11.8. The summed E-state index contributed by atoms with van der Waals surface area (Å²) in [4.78, 5) is 2.41. The van der Waals surface area contributed by atoms with E-state index in [1.165, 1.54) is 99.0 Å². The fourth-order valence-corrected chi connectivity index (χ4v) is 10.1. The Bertz CT molecular complexity index is 3750. The van der Waals surface area contributed by atoms with Gasteiger partial charge in [-0.2, -0.15) is 0 Å². The van der Waals surface area contributed by atoms with Crippen LogP contribution in [0.25, 0.3) is 105 Å². The molecule has 0 unspecified atom stereocenters. The Morgan fingerprint density at radius 3 is 1.44 bits per heavy atom. The van der Waals surface area contributed by atoms with Crippen molar-refractivity contribution < 1.29 is 0 Å². The monoisotopic (exact) mass is 812 g/mol. The average molecular weight is 813 g/mol. The minimum Gasteiger partial charge on any atom is -0.310 e. The van der Waals surface area contributed by atoms with Crippen molar-refractivity contribution in [2.45, 2.75) is 0 Å². The number of fused-ring (bicyclic) bond motifs is 9. The predicted octanol–water partition coefficient (Wildman–Crippen LogP) is 17.2. The van der Waals surface area contributed by atoms with E-state index < -0.39 is 0 Å². The first kappa shape index (κ1) is 36.2. The van der Waals surface area contributed by atoms with Crippen LogP contribution in [0.2, 0.25) is 0 Å². The van der Waals surface area contributed by atoms with Gasteiger partial charge < -0.3 is 9.47 Å². The van der Waals surface area contributed by atoms with Crippen LogP contribution in [0.4, 0.5) is 17.1 Å². The minimum atomic E-state index is 1.10. The van der Waals surface area contributed by atoms with Crippen molar-refractivity contribution in [2.75, 3.05) is 4.90 Å². The van der Waals surface area contributed by atoms with E-state index in [4.69, 9.17) is 0 Å². The molecule has 1 aliphatic carbocycles. The van der Waals surface area contributed by atoms with E-state index in [1.807, 2.05) is 0 Å². The van der Waals surface area contributed by atoms with Crippen molar-refractivity contribution in [1.82, 2.24) is 4.57 Å². The van der Waals surface area contributed by atoms with Gasteiger partial charge in [0.2, 0.25) is 0 Å². The van der Waals surface area contributed by atoms with Crippen LogP contribution in [0.5, 0.6) is 0 Å². The molecule has 0 atom stereocenters. The number of benzene rings is 11. The Hall–Kier alpha value is -8.46. The number of rotatable bonds is 7. The molecule has 0 saturated carbocycles. The second kappa shape index (κ2) is 14.6. The Kier molecular flexibility index (Phi) is 8.25. The van der Waals surface area contributed by atoms with E-state index in [2.05, 4.69) is 252 Å². The summed E-state index contributed by atoms with van der Waals surface area (Å²) in [7, 11) is 0. The molecule has 1 aliphatic rings. The molecule has 0 radical (unpaired) electrons. The molecule has 11 aromatic carbocycles. The quantitative estimate of drug-likeness (QED) is 0.156. The standard InChI is InChI=1S/C62H40N2/c1-4-13-41(14-5-1)43-25-29-52(30-26-43)63(53-20-12-17-44(34-53)46-28-32-62-60(38-46)55-21-10-11-22-61(55)64(62)51-18-8-3-9-19-51)54-31-27-48-37-57-58-39-49-33-45(42-15-6-2-7-16-42)23-24-47(49)36-56(58)59(57)40-50(48)35-54/h1-40H. The molecule has 1 aromatic heterocycles. The first-order valence-electron chi connectivity index (χ1n) is 22.1. The first-order valence-corrected chi connectivity index (χ1v) is 22.1. The number of para-hydroxylation sites is 2. The van der Waals surface area contributed by atoms with Crippen LogP contribution in [-0.2, 0) is 0 Å². The number of anilines is 3. The van der Waals surface area contributed by atoms with Gasteiger partial charge >= 0.3 is 0 Å². The lowest BCUT2D eigenvalue weighted by Gasteiger charge is -2.28. The minimum absolute atomic E-state index is 1.10. The highest BCUT2D eigenvalue weighted by molar-refractivity contribution is 6.13. The Morgan fingerprint density at radius 1 is 0.250 bits per heavy atom. The largest absolute Gasteiger partial charge is 0.310 e. The van der Waals surface area contributed by atoms with Crippen LogP contribution in [-0.4, -0.2) is 4.57 Å². The molecule has 0 fully saturated rings. The molecule has 12 aromatic rings. The highest BCUT2D eigenvalue weighted by Gasteiger charge is 2.25. The zero-order valence-electron chi connectivity index (χ0n) is 35.0. The van der Waals surface area contributed by atoms with Crippen molar-refractivity contribution in [3.8, 4) is 61.3 Å². The summed E-state index contributed by atoms with van der Waals surface area (Å²) in [5.41, 5.74) is 19.4. The lowest BCUT2D eigenvalue weighted by atomic mass is 9.77. The number of nitrogens with zero attached hydrogens (tertiary/aromatic N) is 2. The molecule has 2 heteroatoms. The number of aromatic nitrogens is 1. The molecule has 2 nitrogen and oxygen atoms in total. The highest BCUT2D eigenvalue weighted by Crippen LogP contribution is 2.51. The third-order valence-corrected chi connectivity index (χ3v) is 13.2. The molecule has 0 aliphatic heterocycles. The smallest absolute Gasteiger partial charge is 0.0541 e. The first-order chi connectivity index (χ1) is 31.7. The summed E-state index contributed by atoms with van der Waals surface area (Å²) >= 11 is 0. The van der Waals surface area contributed by atoms with E-state index in [-0.39, 0.29) is 0 Å². The molecular formula is C62H40N2. The van der Waals surface area contributed by atoms with Crippen molar-refractivity contribution in [1.29, 1.82) is 0 Å².